The van der Waals surface area contributed by atoms with Gasteiger partial charge in [0.2, 0.25) is 0 Å². The number of para-hydroxylation sites is 4. The molecular formula is C52H30N4. The first kappa shape index (κ1) is 31.6. The molecule has 4 heteroatoms. The van der Waals surface area contributed by atoms with Crippen LogP contribution in [0.15, 0.2) is 182 Å². The highest BCUT2D eigenvalue weighted by atomic mass is 15.0. The summed E-state index contributed by atoms with van der Waals surface area (Å²) in [5.74, 6) is 0. The smallest absolute Gasteiger partial charge is 0.102 e. The monoisotopic (exact) mass is 710 g/mol. The van der Waals surface area contributed by atoms with Gasteiger partial charge in [0, 0.05) is 32.7 Å². The summed E-state index contributed by atoms with van der Waals surface area (Å²) < 4.78 is 4.52. The van der Waals surface area contributed by atoms with Crippen LogP contribution >= 0.6 is 0 Å². The third-order valence-corrected chi connectivity index (χ3v) is 11.4. The Kier molecular flexibility index (Phi) is 6.95. The molecule has 0 unspecified atom stereocenters. The molecule has 11 aromatic rings. The van der Waals surface area contributed by atoms with E-state index in [1.54, 1.807) is 0 Å². The van der Waals surface area contributed by atoms with Crippen LogP contribution in [0.25, 0.3) is 98.8 Å². The second kappa shape index (κ2) is 12.3. The Labute approximate surface area is 322 Å². The number of nitrogens with zero attached hydrogens (tertiary/aromatic N) is 4. The van der Waals surface area contributed by atoms with Gasteiger partial charge >= 0.3 is 0 Å². The molecule has 0 aliphatic rings. The van der Waals surface area contributed by atoms with Crippen molar-refractivity contribution in [3.8, 4) is 45.8 Å². The SMILES string of the molecule is N#Cc1c(-c2ccc3ccccc3c2)c(C#N)c(-n2c3ccccc3c3ccccc32)c(-c2ccc3ccccc3c2)c1-n1c2ccccc2c2ccccc21. The predicted molar refractivity (Wildman–Crippen MR) is 230 cm³/mol. The molecule has 0 fully saturated rings. The Morgan fingerprint density at radius 1 is 0.321 bits per heavy atom. The van der Waals surface area contributed by atoms with E-state index < -0.39 is 0 Å². The number of nitriles is 2. The highest BCUT2D eigenvalue weighted by Gasteiger charge is 2.31. The Bertz CT molecular complexity index is 3250. The molecule has 0 atom stereocenters. The Morgan fingerprint density at radius 2 is 0.643 bits per heavy atom. The van der Waals surface area contributed by atoms with Crippen molar-refractivity contribution in [3.63, 3.8) is 0 Å². The summed E-state index contributed by atoms with van der Waals surface area (Å²) in [5.41, 5.74) is 9.42. The van der Waals surface area contributed by atoms with Gasteiger partial charge in [-0.15, -0.1) is 0 Å². The molecule has 0 radical (unpaired) electrons. The maximum absolute atomic E-state index is 11.7. The summed E-state index contributed by atoms with van der Waals surface area (Å²) in [4.78, 5) is 0. The molecule has 0 bridgehead atoms. The van der Waals surface area contributed by atoms with Gasteiger partial charge in [0.25, 0.3) is 0 Å². The quantitative estimate of drug-likeness (QED) is 0.183. The first-order valence-electron chi connectivity index (χ1n) is 18.7. The number of hydrogen-bond acceptors (Lipinski definition) is 2. The van der Waals surface area contributed by atoms with Crippen molar-refractivity contribution >= 4 is 65.2 Å². The van der Waals surface area contributed by atoms with E-state index in [1.165, 1.54) is 0 Å². The largest absolute Gasteiger partial charge is 0.307 e. The lowest BCUT2D eigenvalue weighted by molar-refractivity contribution is 1.12. The molecule has 0 saturated heterocycles. The maximum atomic E-state index is 11.7. The van der Waals surface area contributed by atoms with Crippen LogP contribution in [0.4, 0.5) is 0 Å². The number of benzene rings is 9. The minimum absolute atomic E-state index is 0.441. The van der Waals surface area contributed by atoms with Gasteiger partial charge in [-0.25, -0.2) is 0 Å². The van der Waals surface area contributed by atoms with Crippen molar-refractivity contribution in [3.05, 3.63) is 193 Å². The molecule has 0 aliphatic carbocycles. The topological polar surface area (TPSA) is 57.4 Å². The lowest BCUT2D eigenvalue weighted by Crippen LogP contribution is -2.11. The molecule has 2 heterocycles. The summed E-state index contributed by atoms with van der Waals surface area (Å²) in [5, 5.41) is 32.0. The summed E-state index contributed by atoms with van der Waals surface area (Å²) in [6.45, 7) is 0. The lowest BCUT2D eigenvalue weighted by atomic mass is 9.85. The molecular weight excluding hydrogens is 681 g/mol. The average molecular weight is 711 g/mol. The molecule has 11 rings (SSSR count). The summed E-state index contributed by atoms with van der Waals surface area (Å²) in [6, 6.07) is 68.4. The van der Waals surface area contributed by atoms with Crippen LogP contribution < -0.4 is 0 Å². The van der Waals surface area contributed by atoms with E-state index in [2.05, 4.69) is 191 Å². The Morgan fingerprint density at radius 3 is 1.02 bits per heavy atom. The van der Waals surface area contributed by atoms with Crippen LogP contribution in [0.1, 0.15) is 11.1 Å². The number of rotatable bonds is 4. The van der Waals surface area contributed by atoms with Crippen molar-refractivity contribution in [2.75, 3.05) is 0 Å². The zero-order valence-electron chi connectivity index (χ0n) is 30.1. The molecule has 56 heavy (non-hydrogen) atoms. The van der Waals surface area contributed by atoms with Crippen molar-refractivity contribution in [2.24, 2.45) is 0 Å². The first-order valence-corrected chi connectivity index (χ1v) is 18.7. The molecule has 9 aromatic carbocycles. The highest BCUT2D eigenvalue weighted by molar-refractivity contribution is 6.14. The van der Waals surface area contributed by atoms with Crippen LogP contribution in [-0.2, 0) is 0 Å². The predicted octanol–water partition coefficient (Wildman–Crippen LogP) is 13.3. The zero-order chi connectivity index (χ0) is 37.3. The van der Waals surface area contributed by atoms with Crippen molar-refractivity contribution in [2.45, 2.75) is 0 Å². The van der Waals surface area contributed by atoms with Gasteiger partial charge in [0.15, 0.2) is 0 Å². The van der Waals surface area contributed by atoms with E-state index in [1.807, 2.05) is 12.1 Å². The van der Waals surface area contributed by atoms with Crippen molar-refractivity contribution < 1.29 is 0 Å². The molecule has 4 nitrogen and oxygen atoms in total. The fourth-order valence-corrected chi connectivity index (χ4v) is 8.97. The third kappa shape index (κ3) is 4.51. The van der Waals surface area contributed by atoms with Gasteiger partial charge in [0.1, 0.15) is 12.1 Å². The van der Waals surface area contributed by atoms with E-state index in [9.17, 15) is 10.5 Å². The third-order valence-electron chi connectivity index (χ3n) is 11.4. The lowest BCUT2D eigenvalue weighted by Gasteiger charge is -2.25. The van der Waals surface area contributed by atoms with Crippen LogP contribution in [0.2, 0.25) is 0 Å². The normalized spacial score (nSPS) is 11.5. The molecule has 0 spiro atoms. The van der Waals surface area contributed by atoms with Crippen molar-refractivity contribution in [1.82, 2.24) is 9.13 Å². The minimum Gasteiger partial charge on any atom is -0.307 e. The fraction of sp³-hybridized carbons (Fsp3) is 0. The van der Waals surface area contributed by atoms with E-state index in [0.717, 1.165) is 93.2 Å². The molecule has 0 N–H and O–H groups in total. The standard InChI is InChI=1S/C52H30N4/c53-31-43-49(37-27-25-33-13-1-3-15-35(33)29-37)44(32-54)52(56-47-23-11-7-19-41(47)42-20-8-12-24-48(42)56)50(38-28-26-34-14-2-4-16-36(34)30-38)51(43)55-45-21-9-5-17-39(45)40-18-6-10-22-46(40)55/h1-30H. The summed E-state index contributed by atoms with van der Waals surface area (Å²) >= 11 is 0. The highest BCUT2D eigenvalue weighted by Crippen LogP contribution is 2.49. The molecule has 258 valence electrons. The second-order valence-electron chi connectivity index (χ2n) is 14.3. The fourth-order valence-electron chi connectivity index (χ4n) is 8.97. The van der Waals surface area contributed by atoms with Crippen LogP contribution in [-0.4, -0.2) is 9.13 Å². The Balaban J connectivity index is 1.45. The summed E-state index contributed by atoms with van der Waals surface area (Å²) in [6.07, 6.45) is 0. The van der Waals surface area contributed by atoms with Gasteiger partial charge in [-0.05, 0) is 69.1 Å². The molecule has 0 saturated carbocycles. The zero-order valence-corrected chi connectivity index (χ0v) is 30.1. The van der Waals surface area contributed by atoms with Crippen LogP contribution in [0.3, 0.4) is 0 Å². The first-order chi connectivity index (χ1) is 27.7. The summed E-state index contributed by atoms with van der Waals surface area (Å²) in [7, 11) is 0. The van der Waals surface area contributed by atoms with Crippen LogP contribution in [0, 0.1) is 22.7 Å². The molecule has 0 aliphatic heterocycles. The number of aromatic nitrogens is 2. The van der Waals surface area contributed by atoms with E-state index in [-0.39, 0.29) is 0 Å². The minimum atomic E-state index is 0.441. The van der Waals surface area contributed by atoms with Gasteiger partial charge in [-0.3, -0.25) is 0 Å². The van der Waals surface area contributed by atoms with Crippen molar-refractivity contribution in [1.29, 1.82) is 10.5 Å². The Hall–Kier alpha value is -7.92. The number of fused-ring (bicyclic) bond motifs is 8. The van der Waals surface area contributed by atoms with E-state index >= 15 is 0 Å². The number of hydrogen-bond donors (Lipinski definition) is 0. The average Bonchev–Trinajstić information content (AvgIpc) is 3.78. The molecule has 2 aromatic heterocycles. The van der Waals surface area contributed by atoms with Gasteiger partial charge in [-0.2, -0.15) is 10.5 Å². The molecule has 0 amide bonds. The van der Waals surface area contributed by atoms with Gasteiger partial charge < -0.3 is 9.13 Å². The second-order valence-corrected chi connectivity index (χ2v) is 14.3. The van der Waals surface area contributed by atoms with E-state index in [4.69, 9.17) is 0 Å². The van der Waals surface area contributed by atoms with Gasteiger partial charge in [-0.1, -0.05) is 146 Å². The van der Waals surface area contributed by atoms with Crippen LogP contribution in [0.5, 0.6) is 0 Å². The van der Waals surface area contributed by atoms with Gasteiger partial charge in [0.05, 0.1) is 44.6 Å². The van der Waals surface area contributed by atoms with E-state index in [0.29, 0.717) is 16.7 Å². The maximum Gasteiger partial charge on any atom is 0.102 e.